The Labute approximate surface area is 96.3 Å². The van der Waals surface area contributed by atoms with Gasteiger partial charge in [-0.1, -0.05) is 31.2 Å². The van der Waals surface area contributed by atoms with Crippen molar-refractivity contribution in [3.63, 3.8) is 0 Å². The smallest absolute Gasteiger partial charge is 0.0396 e. The van der Waals surface area contributed by atoms with E-state index in [0.717, 1.165) is 5.69 Å². The van der Waals surface area contributed by atoms with Crippen molar-refractivity contribution in [1.82, 2.24) is 0 Å². The lowest BCUT2D eigenvalue weighted by Gasteiger charge is -2.24. The van der Waals surface area contributed by atoms with E-state index in [2.05, 4.69) is 37.3 Å². The van der Waals surface area contributed by atoms with E-state index >= 15 is 0 Å². The van der Waals surface area contributed by atoms with Gasteiger partial charge in [0.2, 0.25) is 0 Å². The summed E-state index contributed by atoms with van der Waals surface area (Å²) in [6.07, 6.45) is 3.81. The lowest BCUT2D eigenvalue weighted by atomic mass is 9.81. The van der Waals surface area contributed by atoms with Crippen molar-refractivity contribution in [2.45, 2.75) is 32.1 Å². The first kappa shape index (κ1) is 9.71. The van der Waals surface area contributed by atoms with Gasteiger partial charge in [0.25, 0.3) is 0 Å². The first-order valence-electron chi connectivity index (χ1n) is 6.07. The van der Waals surface area contributed by atoms with E-state index in [1.807, 2.05) is 0 Å². The van der Waals surface area contributed by atoms with Gasteiger partial charge in [0.05, 0.1) is 0 Å². The molecule has 0 fully saturated rings. The number of nitrogen functional groups attached to an aromatic ring is 1. The quantitative estimate of drug-likeness (QED) is 0.658. The number of hydrogen-bond acceptors (Lipinski definition) is 1. The van der Waals surface area contributed by atoms with Gasteiger partial charge in [0.15, 0.2) is 0 Å². The molecule has 1 heteroatoms. The largest absolute Gasteiger partial charge is 0.398 e. The third-order valence-electron chi connectivity index (χ3n) is 3.82. The first-order valence-corrected chi connectivity index (χ1v) is 6.07. The second-order valence-electron chi connectivity index (χ2n) is 4.87. The van der Waals surface area contributed by atoms with Crippen molar-refractivity contribution in [3.05, 3.63) is 41.5 Å². The third kappa shape index (κ3) is 1.31. The summed E-state index contributed by atoms with van der Waals surface area (Å²) in [4.78, 5) is 0. The summed E-state index contributed by atoms with van der Waals surface area (Å²) in [6.45, 7) is 2.31. The van der Waals surface area contributed by atoms with E-state index in [1.165, 1.54) is 41.2 Å². The summed E-state index contributed by atoms with van der Waals surface area (Å²) in [5, 5.41) is 2.58. The zero-order chi connectivity index (χ0) is 11.1. The minimum atomic E-state index is 0.663. The Bertz CT molecular complexity index is 542. The highest BCUT2D eigenvalue weighted by atomic mass is 14.6. The Kier molecular flexibility index (Phi) is 2.13. The molecule has 2 N–H and O–H groups in total. The molecule has 0 bridgehead atoms. The fourth-order valence-corrected chi connectivity index (χ4v) is 2.95. The van der Waals surface area contributed by atoms with Gasteiger partial charge in [0.1, 0.15) is 0 Å². The average Bonchev–Trinajstić information content (AvgIpc) is 2.31. The number of benzene rings is 2. The standard InChI is InChI=1S/C15H17N/c1-10-5-4-8-12-11-6-2-3-7-13(11)15(16)9-14(10)12/h2-3,6-7,9-10H,4-5,8,16H2,1H3. The highest BCUT2D eigenvalue weighted by molar-refractivity contribution is 5.96. The molecule has 1 aliphatic carbocycles. The molecule has 3 rings (SSSR count). The van der Waals surface area contributed by atoms with E-state index in [-0.39, 0.29) is 0 Å². The van der Waals surface area contributed by atoms with Crippen LogP contribution in [0.5, 0.6) is 0 Å². The molecular formula is C15H17N. The van der Waals surface area contributed by atoms with Crippen molar-refractivity contribution < 1.29 is 0 Å². The Morgan fingerprint density at radius 3 is 2.75 bits per heavy atom. The van der Waals surface area contributed by atoms with Crippen LogP contribution in [0.4, 0.5) is 5.69 Å². The Hall–Kier alpha value is -1.50. The molecule has 1 aliphatic rings. The lowest BCUT2D eigenvalue weighted by Crippen LogP contribution is -2.08. The molecule has 0 aromatic heterocycles. The van der Waals surface area contributed by atoms with Crippen LogP contribution in [-0.2, 0) is 6.42 Å². The van der Waals surface area contributed by atoms with Gasteiger partial charge in [-0.2, -0.15) is 0 Å². The molecule has 1 nitrogen and oxygen atoms in total. The molecule has 82 valence electrons. The molecule has 1 unspecified atom stereocenters. The van der Waals surface area contributed by atoms with E-state index < -0.39 is 0 Å². The summed E-state index contributed by atoms with van der Waals surface area (Å²) >= 11 is 0. The van der Waals surface area contributed by atoms with Crippen LogP contribution >= 0.6 is 0 Å². The summed E-state index contributed by atoms with van der Waals surface area (Å²) < 4.78 is 0. The topological polar surface area (TPSA) is 26.0 Å². The Morgan fingerprint density at radius 2 is 1.94 bits per heavy atom. The van der Waals surface area contributed by atoms with Crippen LogP contribution in [0.25, 0.3) is 10.8 Å². The van der Waals surface area contributed by atoms with Gasteiger partial charge in [-0.15, -0.1) is 0 Å². The predicted molar refractivity (Wildman–Crippen MR) is 69.7 cm³/mol. The number of nitrogens with two attached hydrogens (primary N) is 1. The minimum absolute atomic E-state index is 0.663. The Morgan fingerprint density at radius 1 is 1.19 bits per heavy atom. The molecule has 0 saturated heterocycles. The van der Waals surface area contributed by atoms with Crippen LogP contribution in [0, 0.1) is 0 Å². The highest BCUT2D eigenvalue weighted by Crippen LogP contribution is 2.38. The van der Waals surface area contributed by atoms with E-state index in [0.29, 0.717) is 5.92 Å². The molecule has 0 heterocycles. The monoisotopic (exact) mass is 211 g/mol. The molecule has 2 aromatic carbocycles. The number of aryl methyl sites for hydroxylation is 1. The summed E-state index contributed by atoms with van der Waals surface area (Å²) in [7, 11) is 0. The highest BCUT2D eigenvalue weighted by Gasteiger charge is 2.19. The predicted octanol–water partition coefficient (Wildman–Crippen LogP) is 3.86. The zero-order valence-corrected chi connectivity index (χ0v) is 9.66. The molecule has 0 radical (unpaired) electrons. The fraction of sp³-hybridized carbons (Fsp3) is 0.333. The molecule has 1 atom stereocenters. The molecule has 0 spiro atoms. The lowest BCUT2D eigenvalue weighted by molar-refractivity contribution is 0.593. The van der Waals surface area contributed by atoms with E-state index in [1.54, 1.807) is 0 Å². The number of fused-ring (bicyclic) bond motifs is 3. The van der Waals surface area contributed by atoms with Crippen LogP contribution in [0.2, 0.25) is 0 Å². The van der Waals surface area contributed by atoms with Crippen LogP contribution < -0.4 is 5.73 Å². The maximum absolute atomic E-state index is 6.14. The summed E-state index contributed by atoms with van der Waals surface area (Å²) in [5.74, 6) is 0.663. The SMILES string of the molecule is CC1CCCc2c1cc(N)c1ccccc21. The van der Waals surface area contributed by atoms with Crippen molar-refractivity contribution in [1.29, 1.82) is 0 Å². The maximum atomic E-state index is 6.14. The van der Waals surface area contributed by atoms with Gasteiger partial charge >= 0.3 is 0 Å². The van der Waals surface area contributed by atoms with Crippen LogP contribution in [-0.4, -0.2) is 0 Å². The van der Waals surface area contributed by atoms with Gasteiger partial charge < -0.3 is 5.73 Å². The van der Waals surface area contributed by atoms with Gasteiger partial charge in [-0.3, -0.25) is 0 Å². The molecule has 0 amide bonds. The van der Waals surface area contributed by atoms with Gasteiger partial charge in [0, 0.05) is 11.1 Å². The number of anilines is 1. The Balaban J connectivity index is 2.38. The molecule has 0 aliphatic heterocycles. The second-order valence-corrected chi connectivity index (χ2v) is 4.87. The third-order valence-corrected chi connectivity index (χ3v) is 3.82. The van der Waals surface area contributed by atoms with Crippen LogP contribution in [0.3, 0.4) is 0 Å². The number of hydrogen-bond donors (Lipinski definition) is 1. The van der Waals surface area contributed by atoms with Crippen molar-refractivity contribution >= 4 is 16.5 Å². The average molecular weight is 211 g/mol. The number of rotatable bonds is 0. The fourth-order valence-electron chi connectivity index (χ4n) is 2.95. The molecule has 16 heavy (non-hydrogen) atoms. The van der Waals surface area contributed by atoms with Crippen LogP contribution in [0.15, 0.2) is 30.3 Å². The second kappa shape index (κ2) is 3.51. The van der Waals surface area contributed by atoms with E-state index in [4.69, 9.17) is 5.73 Å². The van der Waals surface area contributed by atoms with Crippen molar-refractivity contribution in [2.24, 2.45) is 0 Å². The van der Waals surface area contributed by atoms with Gasteiger partial charge in [-0.25, -0.2) is 0 Å². The van der Waals surface area contributed by atoms with Gasteiger partial charge in [-0.05, 0) is 47.8 Å². The molecule has 0 saturated carbocycles. The van der Waals surface area contributed by atoms with Crippen molar-refractivity contribution in [2.75, 3.05) is 5.73 Å². The normalized spacial score (nSPS) is 19.7. The van der Waals surface area contributed by atoms with E-state index in [9.17, 15) is 0 Å². The first-order chi connectivity index (χ1) is 7.77. The summed E-state index contributed by atoms with van der Waals surface area (Å²) in [6, 6.07) is 10.7. The minimum Gasteiger partial charge on any atom is -0.398 e. The maximum Gasteiger partial charge on any atom is 0.0396 e. The zero-order valence-electron chi connectivity index (χ0n) is 9.66. The summed E-state index contributed by atoms with van der Waals surface area (Å²) in [5.41, 5.74) is 10.1. The van der Waals surface area contributed by atoms with Crippen LogP contribution in [0.1, 0.15) is 36.8 Å². The van der Waals surface area contributed by atoms with Crippen molar-refractivity contribution in [3.8, 4) is 0 Å². The molecule has 2 aromatic rings. The molecular weight excluding hydrogens is 194 g/mol.